The Morgan fingerprint density at radius 3 is 2.63 bits per heavy atom. The van der Waals surface area contributed by atoms with Gasteiger partial charge in [-0.05, 0) is 38.1 Å². The van der Waals surface area contributed by atoms with Gasteiger partial charge in [-0.15, -0.1) is 0 Å². The number of hydrogen-bond acceptors (Lipinski definition) is 3. The molecule has 0 saturated carbocycles. The molecule has 0 aliphatic carbocycles. The Morgan fingerprint density at radius 2 is 2.05 bits per heavy atom. The highest BCUT2D eigenvalue weighted by Gasteiger charge is 2.24. The monoisotopic (exact) mass is 270 g/mol. The molecule has 0 aromatic carbocycles. The van der Waals surface area contributed by atoms with Gasteiger partial charge in [0.2, 0.25) is 5.91 Å². The molecule has 5 heteroatoms. The van der Waals surface area contributed by atoms with E-state index in [1.165, 1.54) is 0 Å². The maximum atomic E-state index is 11.8. The first kappa shape index (κ1) is 16.0. The van der Waals surface area contributed by atoms with E-state index in [0.29, 0.717) is 18.4 Å². The number of carbonyl (C=O) groups is 2. The van der Waals surface area contributed by atoms with Gasteiger partial charge in [-0.3, -0.25) is 14.5 Å². The zero-order chi connectivity index (χ0) is 14.4. The Hall–Kier alpha value is -1.10. The SMILES string of the molecule is CC(C)C(C)NC(=O)CN1CCC(CCC(=O)O)C1. The van der Waals surface area contributed by atoms with Gasteiger partial charge in [-0.25, -0.2) is 0 Å². The number of nitrogens with one attached hydrogen (secondary N) is 1. The quantitative estimate of drug-likeness (QED) is 0.732. The third kappa shape index (κ3) is 6.05. The second-order valence-corrected chi connectivity index (χ2v) is 5.92. The third-order valence-corrected chi connectivity index (χ3v) is 3.89. The van der Waals surface area contributed by atoms with Crippen molar-refractivity contribution in [1.29, 1.82) is 0 Å². The predicted molar refractivity (Wildman–Crippen MR) is 73.9 cm³/mol. The molecule has 0 aromatic heterocycles. The minimum Gasteiger partial charge on any atom is -0.481 e. The Balaban J connectivity index is 2.24. The van der Waals surface area contributed by atoms with Gasteiger partial charge in [0.05, 0.1) is 6.54 Å². The molecular formula is C14H26N2O3. The first-order chi connectivity index (χ1) is 8.88. The van der Waals surface area contributed by atoms with Gasteiger partial charge in [0.25, 0.3) is 0 Å². The lowest BCUT2D eigenvalue weighted by Crippen LogP contribution is -2.42. The van der Waals surface area contributed by atoms with Crippen molar-refractivity contribution in [1.82, 2.24) is 10.2 Å². The smallest absolute Gasteiger partial charge is 0.303 e. The van der Waals surface area contributed by atoms with Crippen LogP contribution in [0.1, 0.15) is 40.0 Å². The van der Waals surface area contributed by atoms with Crippen molar-refractivity contribution in [2.45, 2.75) is 46.1 Å². The lowest BCUT2D eigenvalue weighted by atomic mass is 10.0. The predicted octanol–water partition coefficient (Wildman–Crippen LogP) is 1.33. The number of carboxylic acids is 1. The number of hydrogen-bond donors (Lipinski definition) is 2. The van der Waals surface area contributed by atoms with E-state index in [1.54, 1.807) is 0 Å². The number of carboxylic acid groups (broad SMARTS) is 1. The molecule has 1 fully saturated rings. The highest BCUT2D eigenvalue weighted by atomic mass is 16.4. The molecule has 1 amide bonds. The van der Waals surface area contributed by atoms with E-state index in [-0.39, 0.29) is 18.4 Å². The summed E-state index contributed by atoms with van der Waals surface area (Å²) in [5, 5.41) is 11.7. The number of likely N-dealkylation sites (tertiary alicyclic amines) is 1. The summed E-state index contributed by atoms with van der Waals surface area (Å²) in [7, 11) is 0. The first-order valence-corrected chi connectivity index (χ1v) is 7.12. The van der Waals surface area contributed by atoms with Crippen LogP contribution < -0.4 is 5.32 Å². The van der Waals surface area contributed by atoms with Crippen LogP contribution in [-0.4, -0.2) is 47.6 Å². The topological polar surface area (TPSA) is 69.6 Å². The molecule has 1 heterocycles. The molecule has 5 nitrogen and oxygen atoms in total. The van der Waals surface area contributed by atoms with Gasteiger partial charge in [-0.1, -0.05) is 13.8 Å². The number of rotatable bonds is 7. The number of amides is 1. The second-order valence-electron chi connectivity index (χ2n) is 5.92. The minimum atomic E-state index is -0.734. The average Bonchev–Trinajstić information content (AvgIpc) is 2.73. The van der Waals surface area contributed by atoms with Crippen molar-refractivity contribution < 1.29 is 14.7 Å². The van der Waals surface area contributed by atoms with Gasteiger partial charge < -0.3 is 10.4 Å². The highest BCUT2D eigenvalue weighted by Crippen LogP contribution is 2.20. The molecule has 0 spiro atoms. The van der Waals surface area contributed by atoms with Crippen molar-refractivity contribution in [3.05, 3.63) is 0 Å². The fraction of sp³-hybridized carbons (Fsp3) is 0.857. The van der Waals surface area contributed by atoms with Crippen LogP contribution in [0.5, 0.6) is 0 Å². The summed E-state index contributed by atoms with van der Waals surface area (Å²) in [6.07, 6.45) is 1.95. The van der Waals surface area contributed by atoms with E-state index in [1.807, 2.05) is 6.92 Å². The summed E-state index contributed by atoms with van der Waals surface area (Å²) in [6.45, 7) is 8.36. The summed E-state index contributed by atoms with van der Waals surface area (Å²) < 4.78 is 0. The molecule has 110 valence electrons. The van der Waals surface area contributed by atoms with Gasteiger partial charge in [0.1, 0.15) is 0 Å². The maximum absolute atomic E-state index is 11.8. The van der Waals surface area contributed by atoms with Crippen molar-refractivity contribution in [3.8, 4) is 0 Å². The molecule has 0 bridgehead atoms. The van der Waals surface area contributed by atoms with Crippen LogP contribution in [0.3, 0.4) is 0 Å². The van der Waals surface area contributed by atoms with Crippen molar-refractivity contribution in [2.75, 3.05) is 19.6 Å². The van der Waals surface area contributed by atoms with Crippen molar-refractivity contribution in [3.63, 3.8) is 0 Å². The van der Waals surface area contributed by atoms with Gasteiger partial charge in [0.15, 0.2) is 0 Å². The van der Waals surface area contributed by atoms with E-state index in [4.69, 9.17) is 5.11 Å². The fourth-order valence-electron chi connectivity index (χ4n) is 2.29. The van der Waals surface area contributed by atoms with Crippen LogP contribution in [0, 0.1) is 11.8 Å². The summed E-state index contributed by atoms with van der Waals surface area (Å²) in [4.78, 5) is 24.5. The van der Waals surface area contributed by atoms with Crippen LogP contribution >= 0.6 is 0 Å². The van der Waals surface area contributed by atoms with Crippen LogP contribution in [-0.2, 0) is 9.59 Å². The normalized spacial score (nSPS) is 21.6. The van der Waals surface area contributed by atoms with E-state index < -0.39 is 5.97 Å². The van der Waals surface area contributed by atoms with E-state index >= 15 is 0 Å². The molecule has 19 heavy (non-hydrogen) atoms. The Morgan fingerprint density at radius 1 is 1.37 bits per heavy atom. The Labute approximate surface area is 115 Å². The zero-order valence-corrected chi connectivity index (χ0v) is 12.2. The number of aliphatic carboxylic acids is 1. The van der Waals surface area contributed by atoms with Crippen molar-refractivity contribution >= 4 is 11.9 Å². The lowest BCUT2D eigenvalue weighted by Gasteiger charge is -2.20. The lowest BCUT2D eigenvalue weighted by molar-refractivity contribution is -0.137. The Kier molecular flexibility index (Phi) is 6.28. The zero-order valence-electron chi connectivity index (χ0n) is 12.2. The molecular weight excluding hydrogens is 244 g/mol. The van der Waals surface area contributed by atoms with E-state index in [2.05, 4.69) is 24.1 Å². The fourth-order valence-corrected chi connectivity index (χ4v) is 2.29. The van der Waals surface area contributed by atoms with Crippen LogP contribution in [0.2, 0.25) is 0 Å². The van der Waals surface area contributed by atoms with Crippen LogP contribution in [0.25, 0.3) is 0 Å². The standard InChI is InChI=1S/C14H26N2O3/c1-10(2)11(3)15-13(17)9-16-7-6-12(8-16)4-5-14(18)19/h10-12H,4-9H2,1-3H3,(H,15,17)(H,18,19). The molecule has 2 atom stereocenters. The Bertz CT molecular complexity index is 318. The summed E-state index contributed by atoms with van der Waals surface area (Å²) >= 11 is 0. The third-order valence-electron chi connectivity index (χ3n) is 3.89. The second kappa shape index (κ2) is 7.48. The van der Waals surface area contributed by atoms with Crippen LogP contribution in [0.4, 0.5) is 0 Å². The van der Waals surface area contributed by atoms with Crippen LogP contribution in [0.15, 0.2) is 0 Å². The summed E-state index contributed by atoms with van der Waals surface area (Å²) in [5.74, 6) is 0.194. The molecule has 0 aromatic rings. The van der Waals surface area contributed by atoms with E-state index in [0.717, 1.165) is 25.9 Å². The van der Waals surface area contributed by atoms with Gasteiger partial charge in [-0.2, -0.15) is 0 Å². The van der Waals surface area contributed by atoms with Crippen molar-refractivity contribution in [2.24, 2.45) is 11.8 Å². The largest absolute Gasteiger partial charge is 0.481 e. The molecule has 1 saturated heterocycles. The highest BCUT2D eigenvalue weighted by molar-refractivity contribution is 5.78. The number of nitrogens with zero attached hydrogens (tertiary/aromatic N) is 1. The molecule has 1 aliphatic heterocycles. The summed E-state index contributed by atoms with van der Waals surface area (Å²) in [6, 6.07) is 0.193. The number of carbonyl (C=O) groups excluding carboxylic acids is 1. The molecule has 0 radical (unpaired) electrons. The minimum absolute atomic E-state index is 0.0695. The van der Waals surface area contributed by atoms with Gasteiger partial charge >= 0.3 is 5.97 Å². The first-order valence-electron chi connectivity index (χ1n) is 7.12. The summed E-state index contributed by atoms with van der Waals surface area (Å²) in [5.41, 5.74) is 0. The van der Waals surface area contributed by atoms with Gasteiger partial charge in [0, 0.05) is 19.0 Å². The van der Waals surface area contributed by atoms with E-state index in [9.17, 15) is 9.59 Å². The molecule has 2 N–H and O–H groups in total. The molecule has 2 unspecified atom stereocenters. The molecule has 1 aliphatic rings. The average molecular weight is 270 g/mol. The molecule has 1 rings (SSSR count). The maximum Gasteiger partial charge on any atom is 0.303 e.